The number of rotatable bonds is 8. The van der Waals surface area contributed by atoms with Crippen molar-refractivity contribution in [2.75, 3.05) is 39.3 Å². The highest BCUT2D eigenvalue weighted by Gasteiger charge is 2.45. The van der Waals surface area contributed by atoms with Gasteiger partial charge in [-0.3, -0.25) is 28.8 Å². The molecule has 0 bridgehead atoms. The number of carboxylic acids is 1. The van der Waals surface area contributed by atoms with Gasteiger partial charge < -0.3 is 46.0 Å². The predicted molar refractivity (Wildman–Crippen MR) is 132 cm³/mol. The Morgan fingerprint density at radius 2 is 1.33 bits per heavy atom. The second-order valence-electron chi connectivity index (χ2n) is 10.5. The standard InChI is InChI=1S/C24H36N6O9/c31-13-7-17(29(11-13)23(38)15-3-1-5-25-15)21(36)26-9-19(33)28-6-2-4-16(28)24(39)30-12-14(32)8-18(30)22(37)27-10-20(34)35/h13-18,25,31-32H,1-12H2,(H,26,36)(H,27,37)(H,34,35)/t13-,14-,15+,16+,17+,18+/m1/s1. The molecule has 216 valence electrons. The van der Waals surface area contributed by atoms with Crippen LogP contribution >= 0.6 is 0 Å². The van der Waals surface area contributed by atoms with Crippen molar-refractivity contribution in [3.63, 3.8) is 0 Å². The van der Waals surface area contributed by atoms with Gasteiger partial charge in [0.2, 0.25) is 29.5 Å². The minimum atomic E-state index is -1.25. The zero-order chi connectivity index (χ0) is 28.3. The lowest BCUT2D eigenvalue weighted by atomic mass is 10.1. The number of β-amino-alcohol motifs (C(OH)–C–C–N with tert-alkyl or cyclic N) is 2. The first-order valence-corrected chi connectivity index (χ1v) is 13.3. The molecule has 5 amide bonds. The van der Waals surface area contributed by atoms with Crippen LogP contribution in [-0.4, -0.2) is 141 Å². The fourth-order valence-electron chi connectivity index (χ4n) is 5.88. The van der Waals surface area contributed by atoms with Crippen LogP contribution in [0.25, 0.3) is 0 Å². The number of aliphatic hydroxyl groups is 2. The van der Waals surface area contributed by atoms with Gasteiger partial charge in [-0.1, -0.05) is 0 Å². The number of amides is 5. The molecule has 4 fully saturated rings. The summed E-state index contributed by atoms with van der Waals surface area (Å²) in [5.41, 5.74) is 0. The van der Waals surface area contributed by atoms with Gasteiger partial charge in [0.15, 0.2) is 0 Å². The van der Waals surface area contributed by atoms with Crippen LogP contribution in [0.5, 0.6) is 0 Å². The second kappa shape index (κ2) is 12.3. The molecule has 4 heterocycles. The number of aliphatic hydroxyl groups excluding tert-OH is 2. The Balaban J connectivity index is 1.34. The molecule has 15 nitrogen and oxygen atoms in total. The van der Waals surface area contributed by atoms with Crippen molar-refractivity contribution >= 4 is 35.5 Å². The molecule has 0 saturated carbocycles. The number of aliphatic carboxylic acids is 1. The van der Waals surface area contributed by atoms with Crippen LogP contribution in [0.4, 0.5) is 0 Å². The maximum absolute atomic E-state index is 13.3. The third-order valence-corrected chi connectivity index (χ3v) is 7.77. The van der Waals surface area contributed by atoms with Crippen molar-refractivity contribution in [2.24, 2.45) is 0 Å². The van der Waals surface area contributed by atoms with Gasteiger partial charge in [0.1, 0.15) is 24.7 Å². The van der Waals surface area contributed by atoms with E-state index in [0.29, 0.717) is 25.8 Å². The third kappa shape index (κ3) is 6.47. The van der Waals surface area contributed by atoms with Gasteiger partial charge in [0.25, 0.3) is 0 Å². The number of nitrogens with one attached hydrogen (secondary N) is 3. The van der Waals surface area contributed by atoms with Crippen LogP contribution in [0.2, 0.25) is 0 Å². The average molecular weight is 553 g/mol. The molecule has 0 aliphatic carbocycles. The molecule has 0 aromatic carbocycles. The lowest BCUT2D eigenvalue weighted by molar-refractivity contribution is -0.147. The van der Waals surface area contributed by atoms with Crippen molar-refractivity contribution in [3.8, 4) is 0 Å². The smallest absolute Gasteiger partial charge is 0.322 e. The summed E-state index contributed by atoms with van der Waals surface area (Å²) in [6, 6.07) is -3.26. The summed E-state index contributed by atoms with van der Waals surface area (Å²) in [5.74, 6) is -3.81. The molecule has 15 heteroatoms. The molecule has 0 radical (unpaired) electrons. The van der Waals surface area contributed by atoms with Gasteiger partial charge >= 0.3 is 5.97 Å². The van der Waals surface area contributed by atoms with E-state index >= 15 is 0 Å². The average Bonchev–Trinajstić information content (AvgIpc) is 3.70. The maximum Gasteiger partial charge on any atom is 0.322 e. The third-order valence-electron chi connectivity index (χ3n) is 7.77. The molecule has 0 spiro atoms. The van der Waals surface area contributed by atoms with E-state index in [1.165, 1.54) is 14.7 Å². The minimum absolute atomic E-state index is 0.0364. The summed E-state index contributed by atoms with van der Waals surface area (Å²) in [5, 5.41) is 36.9. The highest BCUT2D eigenvalue weighted by molar-refractivity contribution is 5.96. The summed E-state index contributed by atoms with van der Waals surface area (Å²) in [7, 11) is 0. The summed E-state index contributed by atoms with van der Waals surface area (Å²) in [6.07, 6.45) is 0.550. The van der Waals surface area contributed by atoms with Crippen LogP contribution in [0.3, 0.4) is 0 Å². The number of carbonyl (C=O) groups is 6. The zero-order valence-corrected chi connectivity index (χ0v) is 21.6. The highest BCUT2D eigenvalue weighted by atomic mass is 16.4. The van der Waals surface area contributed by atoms with E-state index in [1.807, 2.05) is 0 Å². The second-order valence-corrected chi connectivity index (χ2v) is 10.5. The van der Waals surface area contributed by atoms with E-state index in [0.717, 1.165) is 6.42 Å². The van der Waals surface area contributed by atoms with E-state index in [1.54, 1.807) is 0 Å². The lowest BCUT2D eigenvalue weighted by Crippen LogP contribution is -2.55. The Morgan fingerprint density at radius 3 is 1.90 bits per heavy atom. The Labute approximate surface area is 224 Å². The first-order chi connectivity index (χ1) is 18.6. The van der Waals surface area contributed by atoms with Crippen molar-refractivity contribution in [2.45, 2.75) is 74.9 Å². The van der Waals surface area contributed by atoms with E-state index in [4.69, 9.17) is 5.11 Å². The first-order valence-electron chi connectivity index (χ1n) is 13.3. The van der Waals surface area contributed by atoms with E-state index in [-0.39, 0.29) is 38.4 Å². The molecule has 0 unspecified atom stereocenters. The molecule has 4 aliphatic rings. The fraction of sp³-hybridized carbons (Fsp3) is 0.750. The van der Waals surface area contributed by atoms with Gasteiger partial charge in [-0.05, 0) is 32.2 Å². The summed E-state index contributed by atoms with van der Waals surface area (Å²) < 4.78 is 0. The highest BCUT2D eigenvalue weighted by Crippen LogP contribution is 2.26. The maximum atomic E-state index is 13.3. The van der Waals surface area contributed by atoms with Crippen molar-refractivity contribution < 1.29 is 44.1 Å². The van der Waals surface area contributed by atoms with Crippen molar-refractivity contribution in [3.05, 3.63) is 0 Å². The van der Waals surface area contributed by atoms with Crippen molar-refractivity contribution in [1.82, 2.24) is 30.7 Å². The molecule has 39 heavy (non-hydrogen) atoms. The Bertz CT molecular complexity index is 1000. The summed E-state index contributed by atoms with van der Waals surface area (Å²) in [6.45, 7) is -0.156. The molecule has 4 saturated heterocycles. The molecular weight excluding hydrogens is 516 g/mol. The topological polar surface area (TPSA) is 209 Å². The fourth-order valence-corrected chi connectivity index (χ4v) is 5.88. The van der Waals surface area contributed by atoms with Crippen molar-refractivity contribution in [1.29, 1.82) is 0 Å². The largest absolute Gasteiger partial charge is 0.480 e. The first kappa shape index (κ1) is 28.7. The zero-order valence-electron chi connectivity index (χ0n) is 21.6. The van der Waals surface area contributed by atoms with Crippen LogP contribution in [0, 0.1) is 0 Å². The molecule has 0 aromatic heterocycles. The number of nitrogens with zero attached hydrogens (tertiary/aromatic N) is 3. The number of carbonyl (C=O) groups excluding carboxylic acids is 5. The van der Waals surface area contributed by atoms with E-state index < -0.39 is 79.1 Å². The number of carboxylic acid groups (broad SMARTS) is 1. The normalized spacial score (nSPS) is 30.5. The molecule has 6 N–H and O–H groups in total. The molecule has 4 rings (SSSR count). The number of hydrogen-bond donors (Lipinski definition) is 6. The van der Waals surface area contributed by atoms with E-state index in [9.17, 15) is 39.0 Å². The number of likely N-dealkylation sites (tertiary alicyclic amines) is 3. The van der Waals surface area contributed by atoms with Gasteiger partial charge in [0, 0.05) is 32.5 Å². The Hall–Kier alpha value is -3.30. The molecule has 6 atom stereocenters. The van der Waals surface area contributed by atoms with Crippen LogP contribution < -0.4 is 16.0 Å². The van der Waals surface area contributed by atoms with Crippen LogP contribution in [-0.2, 0) is 28.8 Å². The lowest BCUT2D eigenvalue weighted by Gasteiger charge is -2.31. The van der Waals surface area contributed by atoms with Crippen LogP contribution in [0.1, 0.15) is 38.5 Å². The molecule has 0 aromatic rings. The van der Waals surface area contributed by atoms with Gasteiger partial charge in [-0.25, -0.2) is 0 Å². The number of hydrogen-bond acceptors (Lipinski definition) is 9. The van der Waals surface area contributed by atoms with Crippen LogP contribution in [0.15, 0.2) is 0 Å². The van der Waals surface area contributed by atoms with E-state index in [2.05, 4.69) is 16.0 Å². The summed E-state index contributed by atoms with van der Waals surface area (Å²) >= 11 is 0. The van der Waals surface area contributed by atoms with Gasteiger partial charge in [0.05, 0.1) is 24.8 Å². The minimum Gasteiger partial charge on any atom is -0.480 e. The SMILES string of the molecule is O=C(O)CNC(=O)[C@@H]1C[C@@H](O)CN1C(=O)[C@@H]1CCCN1C(=O)CNC(=O)[C@@H]1C[C@@H](O)CN1C(=O)[C@@H]1CCCN1. The quantitative estimate of drug-likeness (QED) is 0.172. The summed E-state index contributed by atoms with van der Waals surface area (Å²) in [4.78, 5) is 79.3. The monoisotopic (exact) mass is 552 g/mol. The molecule has 4 aliphatic heterocycles. The van der Waals surface area contributed by atoms with Gasteiger partial charge in [-0.2, -0.15) is 0 Å². The molecular formula is C24H36N6O9. The Morgan fingerprint density at radius 1 is 0.744 bits per heavy atom. The predicted octanol–water partition coefficient (Wildman–Crippen LogP) is -4.03. The van der Waals surface area contributed by atoms with Gasteiger partial charge in [-0.15, -0.1) is 0 Å². The Kier molecular flexibility index (Phi) is 9.02.